The minimum atomic E-state index is -0.00188. The molecular formula is C29H48O. The summed E-state index contributed by atoms with van der Waals surface area (Å²) in [5, 5.41) is 0. The largest absolute Gasteiger partial charge is 0.487 e. The molecule has 0 spiro atoms. The first-order chi connectivity index (χ1) is 14.2. The van der Waals surface area contributed by atoms with Crippen LogP contribution in [-0.2, 0) is 6.42 Å². The van der Waals surface area contributed by atoms with Crippen LogP contribution in [0.15, 0.2) is 18.7 Å². The van der Waals surface area contributed by atoms with Crippen LogP contribution in [0.5, 0.6) is 5.75 Å². The van der Waals surface area contributed by atoms with E-state index >= 15 is 0 Å². The first-order valence-corrected chi connectivity index (χ1v) is 12.7. The van der Waals surface area contributed by atoms with Gasteiger partial charge in [-0.25, -0.2) is 0 Å². The van der Waals surface area contributed by atoms with E-state index in [1.54, 1.807) is 0 Å². The molecule has 170 valence electrons. The molecule has 1 aliphatic rings. The first kappa shape index (κ1) is 25.0. The van der Waals surface area contributed by atoms with Gasteiger partial charge in [-0.15, -0.1) is 0 Å². The number of hydrogen-bond donors (Lipinski definition) is 0. The van der Waals surface area contributed by atoms with Crippen LogP contribution in [0.1, 0.15) is 116 Å². The van der Waals surface area contributed by atoms with E-state index in [0.717, 1.165) is 36.3 Å². The van der Waals surface area contributed by atoms with Crippen molar-refractivity contribution in [3.05, 3.63) is 35.4 Å². The molecular weight excluding hydrogens is 364 g/mol. The molecule has 1 heteroatoms. The summed E-state index contributed by atoms with van der Waals surface area (Å²) in [5.74, 6) is 3.72. The summed E-state index contributed by atoms with van der Waals surface area (Å²) in [6.45, 7) is 18.0. The molecule has 0 saturated heterocycles. The number of fused-ring (bicyclic) bond motifs is 1. The minimum Gasteiger partial charge on any atom is -0.487 e. The third kappa shape index (κ3) is 8.12. The lowest BCUT2D eigenvalue weighted by atomic mass is 9.85. The predicted molar refractivity (Wildman–Crippen MR) is 133 cm³/mol. The van der Waals surface area contributed by atoms with E-state index in [2.05, 4.69) is 60.3 Å². The highest BCUT2D eigenvalue weighted by Crippen LogP contribution is 2.39. The van der Waals surface area contributed by atoms with Crippen molar-refractivity contribution in [3.63, 3.8) is 0 Å². The monoisotopic (exact) mass is 412 g/mol. The van der Waals surface area contributed by atoms with Crippen molar-refractivity contribution >= 4 is 6.08 Å². The number of aryl methyl sites for hydroxylation is 2. The fraction of sp³-hybridized carbons (Fsp3) is 0.724. The fourth-order valence-electron chi connectivity index (χ4n) is 5.00. The smallest absolute Gasteiger partial charge is 0.126 e. The highest BCUT2D eigenvalue weighted by Gasteiger charge is 2.32. The Hall–Kier alpha value is -1.24. The predicted octanol–water partition coefficient (Wildman–Crippen LogP) is 9.16. The van der Waals surface area contributed by atoms with Crippen molar-refractivity contribution in [2.24, 2.45) is 17.8 Å². The van der Waals surface area contributed by atoms with E-state index in [0.29, 0.717) is 0 Å². The van der Waals surface area contributed by atoms with Gasteiger partial charge in [-0.1, -0.05) is 85.3 Å². The average Bonchev–Trinajstić information content (AvgIpc) is 2.68. The maximum atomic E-state index is 6.56. The lowest BCUT2D eigenvalue weighted by molar-refractivity contribution is 0.0516. The molecule has 0 unspecified atom stereocenters. The average molecular weight is 413 g/mol. The Balaban J connectivity index is 1.68. The molecule has 0 saturated carbocycles. The van der Waals surface area contributed by atoms with Gasteiger partial charge in [0.25, 0.3) is 0 Å². The number of ether oxygens (including phenoxy) is 1. The van der Waals surface area contributed by atoms with E-state index in [1.165, 1.54) is 74.5 Å². The molecule has 0 amide bonds. The number of benzene rings is 1. The van der Waals surface area contributed by atoms with Crippen LogP contribution in [0, 0.1) is 24.7 Å². The highest BCUT2D eigenvalue weighted by atomic mass is 16.5. The molecule has 0 radical (unpaired) electrons. The van der Waals surface area contributed by atoms with Crippen LogP contribution in [0.25, 0.3) is 6.08 Å². The van der Waals surface area contributed by atoms with Gasteiger partial charge in [-0.05, 0) is 86.1 Å². The Kier molecular flexibility index (Phi) is 9.98. The van der Waals surface area contributed by atoms with Gasteiger partial charge >= 0.3 is 0 Å². The summed E-state index contributed by atoms with van der Waals surface area (Å²) < 4.78 is 6.56. The van der Waals surface area contributed by atoms with Gasteiger partial charge < -0.3 is 4.74 Å². The van der Waals surface area contributed by atoms with E-state index in [9.17, 15) is 0 Å². The Labute approximate surface area is 187 Å². The van der Waals surface area contributed by atoms with E-state index in [1.807, 2.05) is 6.08 Å². The first-order valence-electron chi connectivity index (χ1n) is 12.7. The van der Waals surface area contributed by atoms with Crippen LogP contribution in [0.2, 0.25) is 0 Å². The summed E-state index contributed by atoms with van der Waals surface area (Å²) in [5.41, 5.74) is 3.82. The van der Waals surface area contributed by atoms with Gasteiger partial charge in [0.05, 0.1) is 0 Å². The molecule has 0 N–H and O–H groups in total. The summed E-state index contributed by atoms with van der Waals surface area (Å²) >= 11 is 0. The third-order valence-electron chi connectivity index (χ3n) is 7.16. The van der Waals surface area contributed by atoms with Crippen LogP contribution in [-0.4, -0.2) is 5.60 Å². The van der Waals surface area contributed by atoms with Crippen LogP contribution in [0.3, 0.4) is 0 Å². The topological polar surface area (TPSA) is 9.23 Å². The molecule has 1 heterocycles. The van der Waals surface area contributed by atoms with Crippen molar-refractivity contribution in [2.75, 3.05) is 0 Å². The molecule has 0 fully saturated rings. The molecule has 0 aliphatic carbocycles. The standard InChI is InChI=1S/C29H48O/c1-8-26-20-25(6)28-27(21-26)17-19-29(7,30-28)18-11-16-24(5)15-10-14-23(4)13-9-12-22(2)3/h8,20-24H,1,9-19H2,2-7H3/t23-,24-,29-/m1/s1. The number of hydrogen-bond acceptors (Lipinski definition) is 1. The maximum absolute atomic E-state index is 6.56. The summed E-state index contributed by atoms with van der Waals surface area (Å²) in [6, 6.07) is 4.45. The minimum absolute atomic E-state index is 0.00188. The van der Waals surface area contributed by atoms with Crippen LogP contribution in [0.4, 0.5) is 0 Å². The fourth-order valence-corrected chi connectivity index (χ4v) is 5.00. The molecule has 0 bridgehead atoms. The van der Waals surface area contributed by atoms with Gasteiger partial charge in [0.15, 0.2) is 0 Å². The Morgan fingerprint density at radius 1 is 0.967 bits per heavy atom. The summed E-state index contributed by atoms with van der Waals surface area (Å²) in [6.07, 6.45) is 16.4. The van der Waals surface area contributed by atoms with Crippen molar-refractivity contribution in [2.45, 2.75) is 118 Å². The van der Waals surface area contributed by atoms with Gasteiger partial charge in [0, 0.05) is 0 Å². The van der Waals surface area contributed by atoms with Crippen LogP contribution < -0.4 is 4.74 Å². The second kappa shape index (κ2) is 12.0. The van der Waals surface area contributed by atoms with E-state index in [-0.39, 0.29) is 5.60 Å². The van der Waals surface area contributed by atoms with Crippen molar-refractivity contribution in [1.29, 1.82) is 0 Å². The zero-order chi connectivity index (χ0) is 22.1. The Morgan fingerprint density at radius 2 is 1.57 bits per heavy atom. The summed E-state index contributed by atoms with van der Waals surface area (Å²) in [7, 11) is 0. The molecule has 1 aromatic carbocycles. The molecule has 1 aromatic rings. The summed E-state index contributed by atoms with van der Waals surface area (Å²) in [4.78, 5) is 0. The van der Waals surface area contributed by atoms with Gasteiger partial charge in [0.1, 0.15) is 11.4 Å². The second-order valence-corrected chi connectivity index (χ2v) is 10.9. The SMILES string of the molecule is C=Cc1cc(C)c2c(c1)CC[C@@](C)(CCC[C@H](C)CCC[C@H](C)CCCC(C)C)O2. The number of rotatable bonds is 13. The van der Waals surface area contributed by atoms with Crippen molar-refractivity contribution in [1.82, 2.24) is 0 Å². The highest BCUT2D eigenvalue weighted by molar-refractivity contribution is 5.55. The Morgan fingerprint density at radius 3 is 2.17 bits per heavy atom. The lowest BCUT2D eigenvalue weighted by Gasteiger charge is -2.37. The van der Waals surface area contributed by atoms with Crippen LogP contribution >= 0.6 is 0 Å². The second-order valence-electron chi connectivity index (χ2n) is 10.9. The molecule has 30 heavy (non-hydrogen) atoms. The maximum Gasteiger partial charge on any atom is 0.126 e. The molecule has 1 nitrogen and oxygen atoms in total. The van der Waals surface area contributed by atoms with Gasteiger partial charge in [0.2, 0.25) is 0 Å². The molecule has 3 atom stereocenters. The van der Waals surface area contributed by atoms with Crippen molar-refractivity contribution < 1.29 is 4.74 Å². The zero-order valence-electron chi connectivity index (χ0n) is 20.9. The van der Waals surface area contributed by atoms with E-state index in [4.69, 9.17) is 4.74 Å². The van der Waals surface area contributed by atoms with Gasteiger partial charge in [-0.2, -0.15) is 0 Å². The third-order valence-corrected chi connectivity index (χ3v) is 7.16. The molecule has 1 aliphatic heterocycles. The Bertz CT molecular complexity index is 659. The molecule has 2 rings (SSSR count). The lowest BCUT2D eigenvalue weighted by Crippen LogP contribution is -2.36. The molecule has 0 aromatic heterocycles. The van der Waals surface area contributed by atoms with Gasteiger partial charge in [-0.3, -0.25) is 0 Å². The normalized spacial score (nSPS) is 20.5. The zero-order valence-corrected chi connectivity index (χ0v) is 20.9. The van der Waals surface area contributed by atoms with E-state index < -0.39 is 0 Å². The quantitative estimate of drug-likeness (QED) is 0.314. The van der Waals surface area contributed by atoms with Crippen molar-refractivity contribution in [3.8, 4) is 5.75 Å².